The van der Waals surface area contributed by atoms with E-state index in [1.165, 1.54) is 0 Å². The number of hydrogen-bond donors (Lipinski definition) is 1. The van der Waals surface area contributed by atoms with Crippen molar-refractivity contribution in [2.24, 2.45) is 0 Å². The Hall–Kier alpha value is -1.07. The second-order valence-corrected chi connectivity index (χ2v) is 5.40. The third kappa shape index (κ3) is 3.23. The summed E-state index contributed by atoms with van der Waals surface area (Å²) >= 11 is 6.98. The summed E-state index contributed by atoms with van der Waals surface area (Å²) in [6, 6.07) is 7.96. The highest BCUT2D eigenvalue weighted by molar-refractivity contribution is 9.11. The molecule has 1 aromatic heterocycles. The fourth-order valence-corrected chi connectivity index (χ4v) is 3.19. The number of ether oxygens (including phenoxy) is 1. The minimum absolute atomic E-state index is 0.729. The average Bonchev–Trinajstić information content (AvgIpc) is 2.37. The SMILES string of the molecule is COc1c(Br)cc(CNc2cccnc2)cc1Br. The molecule has 5 heteroatoms. The number of rotatable bonds is 4. The van der Waals surface area contributed by atoms with Crippen LogP contribution in [0.1, 0.15) is 5.56 Å². The van der Waals surface area contributed by atoms with Gasteiger partial charge >= 0.3 is 0 Å². The summed E-state index contributed by atoms with van der Waals surface area (Å²) < 4.78 is 7.13. The first-order valence-electron chi connectivity index (χ1n) is 5.36. The number of hydrogen-bond acceptors (Lipinski definition) is 3. The molecule has 0 amide bonds. The third-order valence-electron chi connectivity index (χ3n) is 2.42. The van der Waals surface area contributed by atoms with E-state index in [-0.39, 0.29) is 0 Å². The van der Waals surface area contributed by atoms with Crippen LogP contribution in [0.3, 0.4) is 0 Å². The minimum Gasteiger partial charge on any atom is -0.494 e. The first-order valence-corrected chi connectivity index (χ1v) is 6.95. The monoisotopic (exact) mass is 370 g/mol. The summed E-state index contributed by atoms with van der Waals surface area (Å²) in [6.07, 6.45) is 3.55. The number of nitrogens with one attached hydrogen (secondary N) is 1. The first kappa shape index (κ1) is 13.4. The highest BCUT2D eigenvalue weighted by Crippen LogP contribution is 2.34. The van der Waals surface area contributed by atoms with Crippen molar-refractivity contribution in [3.8, 4) is 5.75 Å². The third-order valence-corrected chi connectivity index (χ3v) is 3.60. The van der Waals surface area contributed by atoms with E-state index in [0.717, 1.165) is 32.5 Å². The molecule has 1 N–H and O–H groups in total. The van der Waals surface area contributed by atoms with Crippen molar-refractivity contribution in [1.82, 2.24) is 4.98 Å². The Morgan fingerprint density at radius 1 is 1.28 bits per heavy atom. The molecule has 1 heterocycles. The zero-order valence-electron chi connectivity index (χ0n) is 9.78. The van der Waals surface area contributed by atoms with Gasteiger partial charge in [-0.05, 0) is 61.7 Å². The van der Waals surface area contributed by atoms with Crippen molar-refractivity contribution in [2.45, 2.75) is 6.54 Å². The topological polar surface area (TPSA) is 34.1 Å². The summed E-state index contributed by atoms with van der Waals surface area (Å²) in [4.78, 5) is 4.06. The Morgan fingerprint density at radius 3 is 2.56 bits per heavy atom. The lowest BCUT2D eigenvalue weighted by Gasteiger charge is -2.10. The van der Waals surface area contributed by atoms with Crippen molar-refractivity contribution in [2.75, 3.05) is 12.4 Å². The Kier molecular flexibility index (Phi) is 4.60. The quantitative estimate of drug-likeness (QED) is 0.873. The number of nitrogens with zero attached hydrogens (tertiary/aromatic N) is 1. The second kappa shape index (κ2) is 6.20. The lowest BCUT2D eigenvalue weighted by atomic mass is 10.2. The van der Waals surface area contributed by atoms with Crippen LogP contribution in [0.5, 0.6) is 5.75 Å². The molecule has 0 radical (unpaired) electrons. The summed E-state index contributed by atoms with van der Waals surface area (Å²) in [5, 5.41) is 3.31. The molecule has 3 nitrogen and oxygen atoms in total. The van der Waals surface area contributed by atoms with Crippen molar-refractivity contribution in [3.05, 3.63) is 51.2 Å². The van der Waals surface area contributed by atoms with Crippen molar-refractivity contribution >= 4 is 37.5 Å². The molecule has 0 bridgehead atoms. The smallest absolute Gasteiger partial charge is 0.147 e. The predicted molar refractivity (Wildman–Crippen MR) is 80.0 cm³/mol. The van der Waals surface area contributed by atoms with Gasteiger partial charge in [0.25, 0.3) is 0 Å². The summed E-state index contributed by atoms with van der Waals surface area (Å²) in [5.74, 6) is 0.806. The molecule has 0 aliphatic carbocycles. The van der Waals surface area contributed by atoms with Crippen LogP contribution in [-0.4, -0.2) is 12.1 Å². The maximum Gasteiger partial charge on any atom is 0.147 e. The molecule has 2 aromatic rings. The van der Waals surface area contributed by atoms with Gasteiger partial charge < -0.3 is 10.1 Å². The van der Waals surface area contributed by atoms with Gasteiger partial charge in [0.15, 0.2) is 0 Å². The van der Waals surface area contributed by atoms with E-state index in [1.54, 1.807) is 19.5 Å². The van der Waals surface area contributed by atoms with Crippen LogP contribution in [0.2, 0.25) is 0 Å². The zero-order chi connectivity index (χ0) is 13.0. The number of benzene rings is 1. The lowest BCUT2D eigenvalue weighted by molar-refractivity contribution is 0.409. The van der Waals surface area contributed by atoms with Crippen LogP contribution < -0.4 is 10.1 Å². The van der Waals surface area contributed by atoms with Gasteiger partial charge in [-0.2, -0.15) is 0 Å². The second-order valence-electron chi connectivity index (χ2n) is 3.69. The van der Waals surface area contributed by atoms with Crippen molar-refractivity contribution in [3.63, 3.8) is 0 Å². The van der Waals surface area contributed by atoms with Gasteiger partial charge in [0.1, 0.15) is 5.75 Å². The molecule has 0 spiro atoms. The first-order chi connectivity index (χ1) is 8.70. The van der Waals surface area contributed by atoms with Crippen molar-refractivity contribution in [1.29, 1.82) is 0 Å². The standard InChI is InChI=1S/C13H12Br2N2O/c1-18-13-11(14)5-9(6-12(13)15)7-17-10-3-2-4-16-8-10/h2-6,8,17H,7H2,1H3. The average molecular weight is 372 g/mol. The van der Waals surface area contributed by atoms with Gasteiger partial charge in [-0.3, -0.25) is 4.98 Å². The summed E-state index contributed by atoms with van der Waals surface area (Å²) in [6.45, 7) is 0.729. The van der Waals surface area contributed by atoms with Gasteiger partial charge in [-0.15, -0.1) is 0 Å². The summed E-state index contributed by atoms with van der Waals surface area (Å²) in [5.41, 5.74) is 2.15. The molecule has 0 atom stereocenters. The van der Waals surface area contributed by atoms with Crippen LogP contribution in [0, 0.1) is 0 Å². The molecule has 94 valence electrons. The highest BCUT2D eigenvalue weighted by atomic mass is 79.9. The van der Waals surface area contributed by atoms with Crippen LogP contribution in [0.25, 0.3) is 0 Å². The molecular weight excluding hydrogens is 360 g/mol. The van der Waals surface area contributed by atoms with Crippen LogP contribution in [-0.2, 0) is 6.54 Å². The fourth-order valence-electron chi connectivity index (χ4n) is 1.58. The lowest BCUT2D eigenvalue weighted by Crippen LogP contribution is -2.00. The number of anilines is 1. The van der Waals surface area contributed by atoms with E-state index in [1.807, 2.05) is 24.3 Å². The van der Waals surface area contributed by atoms with E-state index in [4.69, 9.17) is 4.74 Å². The number of methoxy groups -OCH3 is 1. The van der Waals surface area contributed by atoms with Crippen LogP contribution in [0.4, 0.5) is 5.69 Å². The zero-order valence-corrected chi connectivity index (χ0v) is 13.0. The predicted octanol–water partition coefficient (Wildman–Crippen LogP) is 4.23. The van der Waals surface area contributed by atoms with E-state index in [9.17, 15) is 0 Å². The number of halogens is 2. The number of aromatic nitrogens is 1. The Bertz CT molecular complexity index is 509. The fraction of sp³-hybridized carbons (Fsp3) is 0.154. The van der Waals surface area contributed by atoms with Crippen LogP contribution >= 0.6 is 31.9 Å². The molecule has 0 aliphatic rings. The van der Waals surface area contributed by atoms with E-state index in [0.29, 0.717) is 0 Å². The van der Waals surface area contributed by atoms with Crippen molar-refractivity contribution < 1.29 is 4.74 Å². The van der Waals surface area contributed by atoms with E-state index in [2.05, 4.69) is 42.2 Å². The maximum atomic E-state index is 5.27. The molecule has 0 saturated heterocycles. The molecular formula is C13H12Br2N2O. The largest absolute Gasteiger partial charge is 0.494 e. The van der Waals surface area contributed by atoms with Gasteiger partial charge in [-0.1, -0.05) is 0 Å². The van der Waals surface area contributed by atoms with Gasteiger partial charge in [0, 0.05) is 18.9 Å². The van der Waals surface area contributed by atoms with E-state index < -0.39 is 0 Å². The number of pyridine rings is 1. The molecule has 0 aliphatic heterocycles. The maximum absolute atomic E-state index is 5.27. The normalized spacial score (nSPS) is 10.2. The molecule has 0 fully saturated rings. The minimum atomic E-state index is 0.729. The van der Waals surface area contributed by atoms with Gasteiger partial charge in [0.05, 0.1) is 21.7 Å². The molecule has 0 unspecified atom stereocenters. The molecule has 2 rings (SSSR count). The Balaban J connectivity index is 2.11. The molecule has 0 saturated carbocycles. The summed E-state index contributed by atoms with van der Waals surface area (Å²) in [7, 11) is 1.65. The van der Waals surface area contributed by atoms with Gasteiger partial charge in [0.2, 0.25) is 0 Å². The molecule has 18 heavy (non-hydrogen) atoms. The van der Waals surface area contributed by atoms with Crippen LogP contribution in [0.15, 0.2) is 45.6 Å². The highest BCUT2D eigenvalue weighted by Gasteiger charge is 2.07. The Labute approximate surface area is 123 Å². The van der Waals surface area contributed by atoms with E-state index >= 15 is 0 Å². The molecule has 1 aromatic carbocycles. The Morgan fingerprint density at radius 2 is 2.00 bits per heavy atom. The van der Waals surface area contributed by atoms with Gasteiger partial charge in [-0.25, -0.2) is 0 Å².